The third kappa shape index (κ3) is 1.64. The van der Waals surface area contributed by atoms with Gasteiger partial charge in [0.05, 0.1) is 6.10 Å². The van der Waals surface area contributed by atoms with Crippen LogP contribution in [0, 0.1) is 5.92 Å². The van der Waals surface area contributed by atoms with Crippen molar-refractivity contribution in [3.05, 3.63) is 0 Å². The molecule has 0 saturated heterocycles. The predicted molar refractivity (Wildman–Crippen MR) is 34.1 cm³/mol. The van der Waals surface area contributed by atoms with Gasteiger partial charge in [0.2, 0.25) is 0 Å². The Labute approximate surface area is 54.7 Å². The molecule has 0 aromatic carbocycles. The molecule has 1 nitrogen and oxygen atoms in total. The molecular weight excluding hydrogens is 124 g/mol. The highest BCUT2D eigenvalue weighted by atomic mass is 35.5. The van der Waals surface area contributed by atoms with Crippen LogP contribution < -0.4 is 0 Å². The maximum atomic E-state index is 8.81. The fraction of sp³-hybridized carbons (Fsp3) is 1.00. The van der Waals surface area contributed by atoms with Crippen molar-refractivity contribution in [2.45, 2.75) is 25.4 Å². The minimum absolute atomic E-state index is 0.0122. The van der Waals surface area contributed by atoms with Gasteiger partial charge in [-0.15, -0.1) is 11.6 Å². The summed E-state index contributed by atoms with van der Waals surface area (Å²) >= 11 is 5.44. The van der Waals surface area contributed by atoms with E-state index in [9.17, 15) is 0 Å². The van der Waals surface area contributed by atoms with Gasteiger partial charge in [0.1, 0.15) is 0 Å². The van der Waals surface area contributed by atoms with Crippen LogP contribution in [-0.2, 0) is 0 Å². The maximum Gasteiger partial charge on any atom is 0.0573 e. The van der Waals surface area contributed by atoms with Crippen LogP contribution in [0.4, 0.5) is 0 Å². The summed E-state index contributed by atoms with van der Waals surface area (Å²) in [5.74, 6) is 1.33. The van der Waals surface area contributed by atoms with Gasteiger partial charge < -0.3 is 5.11 Å². The largest absolute Gasteiger partial charge is 0.393 e. The van der Waals surface area contributed by atoms with E-state index in [0.717, 1.165) is 25.1 Å². The van der Waals surface area contributed by atoms with Crippen LogP contribution in [0.5, 0.6) is 0 Å². The summed E-state index contributed by atoms with van der Waals surface area (Å²) in [6, 6.07) is 0. The maximum absolute atomic E-state index is 8.81. The molecule has 8 heavy (non-hydrogen) atoms. The van der Waals surface area contributed by atoms with Crippen molar-refractivity contribution in [1.82, 2.24) is 0 Å². The first-order valence-corrected chi connectivity index (χ1v) is 3.62. The lowest BCUT2D eigenvalue weighted by Gasteiger charge is -1.89. The van der Waals surface area contributed by atoms with Gasteiger partial charge in [0.25, 0.3) is 0 Å². The van der Waals surface area contributed by atoms with Crippen molar-refractivity contribution in [1.29, 1.82) is 0 Å². The number of aliphatic hydroxyl groups excluding tert-OH is 1. The number of hydrogen-bond acceptors (Lipinski definition) is 1. The Kier molecular flexibility index (Phi) is 2.15. The molecule has 0 aliphatic heterocycles. The van der Waals surface area contributed by atoms with Crippen LogP contribution in [-0.4, -0.2) is 17.1 Å². The van der Waals surface area contributed by atoms with E-state index < -0.39 is 0 Å². The van der Waals surface area contributed by atoms with Gasteiger partial charge in [0, 0.05) is 5.88 Å². The van der Waals surface area contributed by atoms with Crippen LogP contribution in [0.25, 0.3) is 0 Å². The highest BCUT2D eigenvalue weighted by molar-refractivity contribution is 6.17. The molecule has 0 bridgehead atoms. The zero-order valence-corrected chi connectivity index (χ0v) is 5.56. The molecule has 48 valence electrons. The smallest absolute Gasteiger partial charge is 0.0573 e. The van der Waals surface area contributed by atoms with E-state index >= 15 is 0 Å². The molecule has 2 heteroatoms. The molecule has 0 spiro atoms. The first-order chi connectivity index (χ1) is 3.84. The van der Waals surface area contributed by atoms with Crippen LogP contribution >= 0.6 is 11.6 Å². The molecule has 0 amide bonds. The second kappa shape index (κ2) is 2.70. The highest BCUT2D eigenvalue weighted by Gasteiger charge is 2.33. The lowest BCUT2D eigenvalue weighted by Crippen LogP contribution is -1.85. The Morgan fingerprint density at radius 1 is 1.62 bits per heavy atom. The average Bonchev–Trinajstić information content (AvgIpc) is 2.42. The molecular formula is C6H11ClO. The molecule has 1 aliphatic carbocycles. The van der Waals surface area contributed by atoms with E-state index in [1.54, 1.807) is 0 Å². The van der Waals surface area contributed by atoms with Gasteiger partial charge in [-0.3, -0.25) is 0 Å². The summed E-state index contributed by atoms with van der Waals surface area (Å²) in [6.45, 7) is 0. The third-order valence-corrected chi connectivity index (χ3v) is 1.86. The predicted octanol–water partition coefficient (Wildman–Crippen LogP) is 1.39. The summed E-state index contributed by atoms with van der Waals surface area (Å²) in [7, 11) is 0. The summed E-state index contributed by atoms with van der Waals surface area (Å²) in [6.07, 6.45) is 3.20. The minimum Gasteiger partial charge on any atom is -0.393 e. The van der Waals surface area contributed by atoms with Crippen molar-refractivity contribution < 1.29 is 5.11 Å². The van der Waals surface area contributed by atoms with E-state index in [1.165, 1.54) is 0 Å². The summed E-state index contributed by atoms with van der Waals surface area (Å²) in [4.78, 5) is 0. The van der Waals surface area contributed by atoms with Gasteiger partial charge in [-0.25, -0.2) is 0 Å². The number of alkyl halides is 1. The molecule has 1 fully saturated rings. The van der Waals surface area contributed by atoms with E-state index in [2.05, 4.69) is 0 Å². The fourth-order valence-corrected chi connectivity index (χ4v) is 1.04. The first kappa shape index (κ1) is 6.37. The summed E-state index contributed by atoms with van der Waals surface area (Å²) in [5, 5.41) is 8.81. The fourth-order valence-electron chi connectivity index (χ4n) is 0.881. The van der Waals surface area contributed by atoms with Crippen LogP contribution in [0.3, 0.4) is 0 Å². The van der Waals surface area contributed by atoms with Crippen molar-refractivity contribution in [2.24, 2.45) is 5.92 Å². The highest BCUT2D eigenvalue weighted by Crippen LogP contribution is 2.34. The van der Waals surface area contributed by atoms with Crippen molar-refractivity contribution in [2.75, 3.05) is 5.88 Å². The number of rotatable bonds is 3. The Bertz CT molecular complexity index is 74.9. The molecule has 0 heterocycles. The first-order valence-electron chi connectivity index (χ1n) is 3.08. The minimum atomic E-state index is 0.0122. The average molecular weight is 135 g/mol. The van der Waals surface area contributed by atoms with Crippen LogP contribution in [0.2, 0.25) is 0 Å². The van der Waals surface area contributed by atoms with Crippen molar-refractivity contribution in [3.63, 3.8) is 0 Å². The topological polar surface area (TPSA) is 20.2 Å². The molecule has 1 rings (SSSR count). The summed E-state index contributed by atoms with van der Waals surface area (Å²) < 4.78 is 0. The van der Waals surface area contributed by atoms with Gasteiger partial charge in [-0.1, -0.05) is 0 Å². The normalized spacial score (nSPS) is 35.2. The van der Waals surface area contributed by atoms with Gasteiger partial charge in [0.15, 0.2) is 0 Å². The van der Waals surface area contributed by atoms with Gasteiger partial charge in [-0.2, -0.15) is 0 Å². The Balaban J connectivity index is 1.89. The quantitative estimate of drug-likeness (QED) is 0.579. The molecule has 0 aromatic rings. The molecule has 2 atom stereocenters. The Morgan fingerprint density at radius 3 is 2.62 bits per heavy atom. The standard InChI is InChI=1S/C6H11ClO/c7-3-1-2-5-4-6(5)8/h5-6,8H,1-4H2/t5?,6-/m1/s1. The van der Waals surface area contributed by atoms with E-state index in [1.807, 2.05) is 0 Å². The van der Waals surface area contributed by atoms with Crippen LogP contribution in [0.1, 0.15) is 19.3 Å². The lowest BCUT2D eigenvalue weighted by atomic mass is 10.2. The molecule has 1 N–H and O–H groups in total. The molecule has 0 aromatic heterocycles. The van der Waals surface area contributed by atoms with Crippen molar-refractivity contribution in [3.8, 4) is 0 Å². The second-order valence-electron chi connectivity index (χ2n) is 2.39. The van der Waals surface area contributed by atoms with E-state index in [4.69, 9.17) is 16.7 Å². The molecule has 1 aliphatic rings. The van der Waals surface area contributed by atoms with Gasteiger partial charge >= 0.3 is 0 Å². The van der Waals surface area contributed by atoms with Gasteiger partial charge in [-0.05, 0) is 25.2 Å². The van der Waals surface area contributed by atoms with E-state index in [0.29, 0.717) is 5.92 Å². The Morgan fingerprint density at radius 2 is 2.25 bits per heavy atom. The number of halogens is 1. The zero-order chi connectivity index (χ0) is 5.98. The van der Waals surface area contributed by atoms with E-state index in [-0.39, 0.29) is 6.10 Å². The molecule has 0 radical (unpaired) electrons. The lowest BCUT2D eigenvalue weighted by molar-refractivity contribution is 0.256. The van der Waals surface area contributed by atoms with Crippen molar-refractivity contribution >= 4 is 11.6 Å². The van der Waals surface area contributed by atoms with Crippen LogP contribution in [0.15, 0.2) is 0 Å². The SMILES string of the molecule is O[C@@H]1CC1CCCCl. The monoisotopic (exact) mass is 134 g/mol. The summed E-state index contributed by atoms with van der Waals surface area (Å²) in [5.41, 5.74) is 0. The number of aliphatic hydroxyl groups is 1. The molecule has 1 saturated carbocycles. The second-order valence-corrected chi connectivity index (χ2v) is 2.77. The third-order valence-electron chi connectivity index (χ3n) is 1.59. The number of hydrogen-bond donors (Lipinski definition) is 1. The Hall–Kier alpha value is 0.250. The zero-order valence-electron chi connectivity index (χ0n) is 4.81. The molecule has 1 unspecified atom stereocenters.